The van der Waals surface area contributed by atoms with Gasteiger partial charge in [-0.2, -0.15) is 0 Å². The van der Waals surface area contributed by atoms with E-state index in [2.05, 4.69) is 188 Å². The van der Waals surface area contributed by atoms with Gasteiger partial charge in [0.1, 0.15) is 0 Å². The van der Waals surface area contributed by atoms with Crippen LogP contribution in [0.15, 0.2) is 168 Å². The number of nitrogens with zero attached hydrogens (tertiary/aromatic N) is 4. The summed E-state index contributed by atoms with van der Waals surface area (Å²) in [7, 11) is 0. The summed E-state index contributed by atoms with van der Waals surface area (Å²) in [5.74, 6) is 0. The van der Waals surface area contributed by atoms with Crippen molar-refractivity contribution in [2.75, 3.05) is 19.6 Å². The van der Waals surface area contributed by atoms with Crippen LogP contribution in [-0.4, -0.2) is 13.4 Å². The molecular formula is C46H28B2N4S. The van der Waals surface area contributed by atoms with Crippen LogP contribution in [0, 0.1) is 0 Å². The fraction of sp³-hybridized carbons (Fsp3) is 0. The fourth-order valence-corrected chi connectivity index (χ4v) is 10.9. The van der Waals surface area contributed by atoms with Crippen LogP contribution in [0.4, 0.5) is 68.2 Å². The van der Waals surface area contributed by atoms with E-state index < -0.39 is 0 Å². The van der Waals surface area contributed by atoms with Crippen molar-refractivity contribution in [1.82, 2.24) is 0 Å². The SMILES string of the molecule is c1ccc(N2c3ccccc3B3c4ccc5c6c4N(c4cscc4N6c4cccc6c4B5c4ccccc4N6c4ccccc4)c4cccc2c43)cc1. The Bertz CT molecular complexity index is 2660. The Kier molecular flexibility index (Phi) is 5.38. The summed E-state index contributed by atoms with van der Waals surface area (Å²) < 4.78 is 0. The fourth-order valence-electron chi connectivity index (χ4n) is 10.2. The van der Waals surface area contributed by atoms with Gasteiger partial charge in [0, 0.05) is 56.3 Å². The molecule has 8 aromatic rings. The number of anilines is 12. The molecule has 0 saturated carbocycles. The maximum absolute atomic E-state index is 2.60. The van der Waals surface area contributed by atoms with Crippen molar-refractivity contribution < 1.29 is 0 Å². The molecule has 0 radical (unpaired) electrons. The van der Waals surface area contributed by atoms with Gasteiger partial charge in [-0.3, -0.25) is 0 Å². The average molecular weight is 690 g/mol. The topological polar surface area (TPSA) is 13.0 Å². The maximum atomic E-state index is 2.60. The first kappa shape index (κ1) is 28.2. The van der Waals surface area contributed by atoms with Gasteiger partial charge >= 0.3 is 0 Å². The number of fused-ring (bicyclic) bond motifs is 11. The normalized spacial score (nSPS) is 14.6. The zero-order chi connectivity index (χ0) is 34.4. The highest BCUT2D eigenvalue weighted by Gasteiger charge is 2.51. The van der Waals surface area contributed by atoms with Gasteiger partial charge in [0.15, 0.2) is 0 Å². The van der Waals surface area contributed by atoms with E-state index in [0.717, 1.165) is 0 Å². The quantitative estimate of drug-likeness (QED) is 0.170. The molecule has 5 aliphatic heterocycles. The monoisotopic (exact) mass is 690 g/mol. The molecule has 7 aromatic carbocycles. The first-order valence-electron chi connectivity index (χ1n) is 18.3. The van der Waals surface area contributed by atoms with Crippen LogP contribution >= 0.6 is 11.3 Å². The van der Waals surface area contributed by atoms with Gasteiger partial charge in [0.25, 0.3) is 13.4 Å². The Morgan fingerprint density at radius 1 is 0.302 bits per heavy atom. The Labute approximate surface area is 312 Å². The average Bonchev–Trinajstić information content (AvgIpc) is 3.71. The molecule has 0 amide bonds. The summed E-state index contributed by atoms with van der Waals surface area (Å²) in [6.07, 6.45) is 0. The number of para-hydroxylation sites is 4. The van der Waals surface area contributed by atoms with E-state index in [-0.39, 0.29) is 13.4 Å². The lowest BCUT2D eigenvalue weighted by Gasteiger charge is -2.51. The van der Waals surface area contributed by atoms with Gasteiger partial charge in [0.05, 0.1) is 22.7 Å². The van der Waals surface area contributed by atoms with Crippen LogP contribution in [-0.2, 0) is 0 Å². The minimum atomic E-state index is 0.0934. The van der Waals surface area contributed by atoms with E-state index in [0.29, 0.717) is 0 Å². The van der Waals surface area contributed by atoms with E-state index in [1.165, 1.54) is 101 Å². The van der Waals surface area contributed by atoms with Crippen molar-refractivity contribution >= 4 is 126 Å². The van der Waals surface area contributed by atoms with Crippen molar-refractivity contribution in [2.24, 2.45) is 0 Å². The second-order valence-electron chi connectivity index (χ2n) is 14.5. The molecule has 0 aliphatic carbocycles. The molecular weight excluding hydrogens is 662 g/mol. The third-order valence-electron chi connectivity index (χ3n) is 12.1. The number of hydrogen-bond donors (Lipinski definition) is 0. The summed E-state index contributed by atoms with van der Waals surface area (Å²) in [5.41, 5.74) is 23.1. The Morgan fingerprint density at radius 3 is 1.13 bits per heavy atom. The number of benzene rings is 7. The predicted octanol–water partition coefficient (Wildman–Crippen LogP) is 8.23. The van der Waals surface area contributed by atoms with Crippen molar-refractivity contribution in [3.05, 3.63) is 168 Å². The van der Waals surface area contributed by atoms with Gasteiger partial charge in [-0.05, 0) is 93.4 Å². The zero-order valence-corrected chi connectivity index (χ0v) is 29.3. The van der Waals surface area contributed by atoms with E-state index in [4.69, 9.17) is 0 Å². The molecule has 0 spiro atoms. The zero-order valence-electron chi connectivity index (χ0n) is 28.5. The molecule has 1 aromatic heterocycles. The third kappa shape index (κ3) is 3.44. The van der Waals surface area contributed by atoms with E-state index in [9.17, 15) is 0 Å². The first-order valence-corrected chi connectivity index (χ1v) is 19.3. The highest BCUT2D eigenvalue weighted by molar-refractivity contribution is 7.09. The van der Waals surface area contributed by atoms with Crippen LogP contribution < -0.4 is 52.4 Å². The smallest absolute Gasteiger partial charge is 0.252 e. The lowest BCUT2D eigenvalue weighted by atomic mass is 9.31. The summed E-state index contributed by atoms with van der Waals surface area (Å²) in [6, 6.07) is 58.6. The van der Waals surface area contributed by atoms with Gasteiger partial charge in [-0.15, -0.1) is 11.3 Å². The van der Waals surface area contributed by atoms with E-state index in [1.54, 1.807) is 11.3 Å². The second-order valence-corrected chi connectivity index (χ2v) is 15.2. The molecule has 7 heteroatoms. The minimum absolute atomic E-state index is 0.0934. The minimum Gasteiger partial charge on any atom is -0.311 e. The number of hydrogen-bond acceptors (Lipinski definition) is 5. The highest BCUT2D eigenvalue weighted by atomic mass is 32.1. The standard InChI is InChI=1S/C46H28B2N4S/c1-3-13-29(14-4-1)49-35-19-9-7-17-31(35)47-33-25-26-34-46-45(33)51(39-23-11-21-37(49)43(39)47)41-27-53-28-42(41)52(46)40-24-12-22-38-44(40)48(34)32-18-8-10-20-36(32)50(38)30-15-5-2-6-16-30/h1-28H. The van der Waals surface area contributed by atoms with Crippen molar-refractivity contribution in [2.45, 2.75) is 0 Å². The van der Waals surface area contributed by atoms with E-state index >= 15 is 0 Å². The lowest BCUT2D eigenvalue weighted by molar-refractivity contribution is 1.18. The third-order valence-corrected chi connectivity index (χ3v) is 12.8. The second kappa shape index (κ2) is 10.1. The van der Waals surface area contributed by atoms with Gasteiger partial charge in [-0.1, -0.05) is 97.1 Å². The summed E-state index contributed by atoms with van der Waals surface area (Å²) in [4.78, 5) is 10.1. The predicted molar refractivity (Wildman–Crippen MR) is 226 cm³/mol. The molecule has 0 N–H and O–H groups in total. The lowest BCUT2D eigenvalue weighted by Crippen LogP contribution is -2.65. The van der Waals surface area contributed by atoms with Crippen LogP contribution in [0.1, 0.15) is 0 Å². The van der Waals surface area contributed by atoms with Crippen LogP contribution in [0.3, 0.4) is 0 Å². The van der Waals surface area contributed by atoms with Crippen molar-refractivity contribution in [3.63, 3.8) is 0 Å². The molecule has 244 valence electrons. The van der Waals surface area contributed by atoms with Gasteiger partial charge in [-0.25, -0.2) is 0 Å². The van der Waals surface area contributed by atoms with Crippen LogP contribution in [0.25, 0.3) is 0 Å². The Hall–Kier alpha value is -6.43. The number of rotatable bonds is 2. The molecule has 0 saturated heterocycles. The molecule has 0 fully saturated rings. The summed E-state index contributed by atoms with van der Waals surface area (Å²) >= 11 is 1.79. The van der Waals surface area contributed by atoms with Crippen molar-refractivity contribution in [3.8, 4) is 0 Å². The molecule has 0 unspecified atom stereocenters. The van der Waals surface area contributed by atoms with Gasteiger partial charge < -0.3 is 19.6 Å². The van der Waals surface area contributed by atoms with Crippen LogP contribution in [0.2, 0.25) is 0 Å². The Balaban J connectivity index is 1.12. The molecule has 0 bridgehead atoms. The highest BCUT2D eigenvalue weighted by Crippen LogP contribution is 2.58. The molecule has 4 nitrogen and oxygen atoms in total. The molecule has 5 aliphatic rings. The van der Waals surface area contributed by atoms with Gasteiger partial charge in [0.2, 0.25) is 0 Å². The molecule has 53 heavy (non-hydrogen) atoms. The van der Waals surface area contributed by atoms with Crippen LogP contribution in [0.5, 0.6) is 0 Å². The largest absolute Gasteiger partial charge is 0.311 e. The van der Waals surface area contributed by atoms with Crippen molar-refractivity contribution in [1.29, 1.82) is 0 Å². The summed E-state index contributed by atoms with van der Waals surface area (Å²) in [5, 5.41) is 4.71. The van der Waals surface area contributed by atoms with E-state index in [1.807, 2.05) is 0 Å². The molecule has 6 heterocycles. The maximum Gasteiger partial charge on any atom is 0.252 e. The Morgan fingerprint density at radius 2 is 0.679 bits per heavy atom. The number of thiophene rings is 1. The molecule has 0 atom stereocenters. The summed E-state index contributed by atoms with van der Waals surface area (Å²) in [6.45, 7) is 0.187. The first-order chi connectivity index (χ1) is 26.4. The molecule has 13 rings (SSSR count).